The number of nitrogens with one attached hydrogen (secondary N) is 4. The highest BCUT2D eigenvalue weighted by Crippen LogP contribution is 2.21. The van der Waals surface area contributed by atoms with E-state index in [1.165, 1.54) is 11.2 Å². The van der Waals surface area contributed by atoms with E-state index >= 15 is 0 Å². The summed E-state index contributed by atoms with van der Waals surface area (Å²) in [5.74, 6) is -3.67. The molecule has 0 saturated carbocycles. The standard InChI is InChI=1S/C24H42N4O7.C6H9N3O2/c1-14(2)11-16(20(30)25-13-19(29)26-17(22(32)33)12-15(3)4)27-21(31)18-9-8-10-28(18)23(34)35-24(5,6)7;7-5(6(10)11)1-4-2-8-3-9-4/h14-18H,8-13H2,1-7H3,(H,25,30)(H,26,29)(H,27,31)(H,32,33);2-3,5H,1,7H2,(H,8,9)(H,10,11)/t16-,17-,18-;5-/m00/s1. The van der Waals surface area contributed by atoms with Crippen molar-refractivity contribution in [1.29, 1.82) is 0 Å². The van der Waals surface area contributed by atoms with Crippen molar-refractivity contribution in [1.82, 2.24) is 30.8 Å². The minimum atomic E-state index is -1.14. The first-order valence-electron chi connectivity index (χ1n) is 15.4. The minimum Gasteiger partial charge on any atom is -0.480 e. The molecule has 2 heterocycles. The fraction of sp³-hybridized carbons (Fsp3) is 0.700. The van der Waals surface area contributed by atoms with Gasteiger partial charge in [0, 0.05) is 19.2 Å². The number of amides is 4. The fourth-order valence-electron chi connectivity index (χ4n) is 4.49. The number of carboxylic acid groups (broad SMARTS) is 2. The molecule has 46 heavy (non-hydrogen) atoms. The lowest BCUT2D eigenvalue weighted by molar-refractivity contribution is -0.142. The van der Waals surface area contributed by atoms with Crippen LogP contribution in [0.3, 0.4) is 0 Å². The molecule has 1 fully saturated rings. The molecule has 0 spiro atoms. The van der Waals surface area contributed by atoms with Gasteiger partial charge in [-0.05, 0) is 58.3 Å². The maximum atomic E-state index is 13.0. The minimum absolute atomic E-state index is 0.0625. The predicted molar refractivity (Wildman–Crippen MR) is 167 cm³/mol. The zero-order valence-corrected chi connectivity index (χ0v) is 27.8. The Morgan fingerprint density at radius 2 is 1.63 bits per heavy atom. The Morgan fingerprint density at radius 3 is 2.13 bits per heavy atom. The van der Waals surface area contributed by atoms with Gasteiger partial charge in [0.1, 0.15) is 29.8 Å². The van der Waals surface area contributed by atoms with Crippen molar-refractivity contribution in [2.45, 2.75) is 110 Å². The van der Waals surface area contributed by atoms with Crippen LogP contribution in [-0.4, -0.2) is 104 Å². The van der Waals surface area contributed by atoms with Crippen molar-refractivity contribution in [2.75, 3.05) is 13.1 Å². The third-order valence-electron chi connectivity index (χ3n) is 6.59. The molecule has 8 N–H and O–H groups in total. The number of carboxylic acids is 2. The highest BCUT2D eigenvalue weighted by atomic mass is 16.6. The number of H-pyrrole nitrogens is 1. The molecule has 16 nitrogen and oxygen atoms in total. The second kappa shape index (κ2) is 18.7. The Balaban J connectivity index is 0.000000804. The normalized spacial score (nSPS) is 16.5. The molecule has 1 aliphatic heterocycles. The van der Waals surface area contributed by atoms with Crippen LogP contribution in [0, 0.1) is 11.8 Å². The third-order valence-corrected chi connectivity index (χ3v) is 6.59. The van der Waals surface area contributed by atoms with E-state index in [0.717, 1.165) is 0 Å². The number of carbonyl (C=O) groups excluding carboxylic acids is 4. The molecular weight excluding hydrogens is 602 g/mol. The number of likely N-dealkylation sites (tertiary alicyclic amines) is 1. The van der Waals surface area contributed by atoms with Crippen LogP contribution in [-0.2, 0) is 35.1 Å². The number of hydrogen-bond donors (Lipinski definition) is 7. The Labute approximate surface area is 269 Å². The number of aliphatic carboxylic acids is 2. The van der Waals surface area contributed by atoms with Crippen molar-refractivity contribution in [3.63, 3.8) is 0 Å². The number of carbonyl (C=O) groups is 6. The average Bonchev–Trinajstić information content (AvgIpc) is 3.62. The van der Waals surface area contributed by atoms with E-state index in [9.17, 15) is 33.9 Å². The van der Waals surface area contributed by atoms with E-state index in [2.05, 4.69) is 25.9 Å². The summed E-state index contributed by atoms with van der Waals surface area (Å²) in [4.78, 5) is 80.1. The first kappa shape index (κ1) is 39.8. The Hall–Kier alpha value is -4.21. The van der Waals surface area contributed by atoms with E-state index in [4.69, 9.17) is 15.6 Å². The first-order valence-corrected chi connectivity index (χ1v) is 15.4. The van der Waals surface area contributed by atoms with Gasteiger partial charge in [-0.2, -0.15) is 0 Å². The number of ether oxygens (including phenoxy) is 1. The molecular formula is C30H51N7O9. The van der Waals surface area contributed by atoms with Gasteiger partial charge in [-0.3, -0.25) is 24.1 Å². The van der Waals surface area contributed by atoms with E-state index in [1.54, 1.807) is 27.0 Å². The maximum absolute atomic E-state index is 13.0. The highest BCUT2D eigenvalue weighted by molar-refractivity contribution is 5.93. The van der Waals surface area contributed by atoms with Crippen molar-refractivity contribution < 1.29 is 43.7 Å². The SMILES string of the molecule is CC(C)C[C@H](NC(=O)CNC(=O)[C@H](CC(C)C)NC(=O)[C@@H]1CCCN1C(=O)OC(C)(C)C)C(=O)O.N[C@@H](Cc1c[nH]cn1)C(=O)O. The van der Waals surface area contributed by atoms with E-state index in [-0.39, 0.29) is 24.7 Å². The van der Waals surface area contributed by atoms with Gasteiger partial charge in [0.05, 0.1) is 18.6 Å². The second-order valence-electron chi connectivity index (χ2n) is 13.0. The molecule has 1 aliphatic rings. The maximum Gasteiger partial charge on any atom is 0.410 e. The van der Waals surface area contributed by atoms with Crippen LogP contribution in [0.4, 0.5) is 4.79 Å². The quantitative estimate of drug-likeness (QED) is 0.149. The van der Waals surface area contributed by atoms with E-state index in [0.29, 0.717) is 31.5 Å². The van der Waals surface area contributed by atoms with Gasteiger partial charge in [-0.15, -0.1) is 0 Å². The number of hydrogen-bond acceptors (Lipinski definition) is 9. The molecule has 0 aromatic carbocycles. The lowest BCUT2D eigenvalue weighted by Crippen LogP contribution is -2.55. The summed E-state index contributed by atoms with van der Waals surface area (Å²) in [6.07, 6.45) is 4.48. The van der Waals surface area contributed by atoms with E-state index in [1.807, 2.05) is 27.7 Å². The average molecular weight is 654 g/mol. The van der Waals surface area contributed by atoms with Gasteiger partial charge in [0.25, 0.3) is 0 Å². The molecule has 0 aliphatic carbocycles. The second-order valence-corrected chi connectivity index (χ2v) is 13.0. The number of aromatic nitrogens is 2. The van der Waals surface area contributed by atoms with Crippen LogP contribution in [0.15, 0.2) is 12.5 Å². The van der Waals surface area contributed by atoms with Crippen molar-refractivity contribution in [3.05, 3.63) is 18.2 Å². The number of imidazole rings is 1. The lowest BCUT2D eigenvalue weighted by atomic mass is 10.0. The molecule has 4 atom stereocenters. The van der Waals surface area contributed by atoms with Crippen LogP contribution >= 0.6 is 0 Å². The molecule has 16 heteroatoms. The lowest BCUT2D eigenvalue weighted by Gasteiger charge is -2.29. The monoisotopic (exact) mass is 653 g/mol. The fourth-order valence-corrected chi connectivity index (χ4v) is 4.49. The molecule has 260 valence electrons. The van der Waals surface area contributed by atoms with Crippen LogP contribution in [0.25, 0.3) is 0 Å². The van der Waals surface area contributed by atoms with E-state index < -0.39 is 72.1 Å². The summed E-state index contributed by atoms with van der Waals surface area (Å²) >= 11 is 0. The Bertz CT molecular complexity index is 1170. The molecule has 1 saturated heterocycles. The van der Waals surface area contributed by atoms with Gasteiger partial charge in [0.15, 0.2) is 0 Å². The van der Waals surface area contributed by atoms with Crippen molar-refractivity contribution >= 4 is 35.8 Å². The van der Waals surface area contributed by atoms with Gasteiger partial charge in [-0.25, -0.2) is 14.6 Å². The summed E-state index contributed by atoms with van der Waals surface area (Å²) in [5, 5.41) is 25.3. The predicted octanol–water partition coefficient (Wildman–Crippen LogP) is 1.01. The van der Waals surface area contributed by atoms with Crippen molar-refractivity contribution in [2.24, 2.45) is 17.6 Å². The van der Waals surface area contributed by atoms with Crippen LogP contribution in [0.1, 0.15) is 79.8 Å². The van der Waals surface area contributed by atoms with Gasteiger partial charge in [-0.1, -0.05) is 27.7 Å². The summed E-state index contributed by atoms with van der Waals surface area (Å²) in [5.41, 5.74) is 5.22. The third kappa shape index (κ3) is 15.2. The number of nitrogens with two attached hydrogens (primary N) is 1. The summed E-state index contributed by atoms with van der Waals surface area (Å²) in [7, 11) is 0. The molecule has 2 rings (SSSR count). The molecule has 1 aromatic rings. The Kier molecular flexibility index (Phi) is 16.2. The Morgan fingerprint density at radius 1 is 1.02 bits per heavy atom. The van der Waals surface area contributed by atoms with Crippen LogP contribution < -0.4 is 21.7 Å². The first-order chi connectivity index (χ1) is 21.3. The smallest absolute Gasteiger partial charge is 0.410 e. The summed E-state index contributed by atoms with van der Waals surface area (Å²) in [6.45, 7) is 12.7. The zero-order chi connectivity index (χ0) is 35.2. The highest BCUT2D eigenvalue weighted by Gasteiger charge is 2.38. The molecule has 0 unspecified atom stereocenters. The largest absolute Gasteiger partial charge is 0.480 e. The van der Waals surface area contributed by atoms with Crippen molar-refractivity contribution in [3.8, 4) is 0 Å². The van der Waals surface area contributed by atoms with Crippen LogP contribution in [0.5, 0.6) is 0 Å². The van der Waals surface area contributed by atoms with Gasteiger partial charge in [0.2, 0.25) is 17.7 Å². The summed E-state index contributed by atoms with van der Waals surface area (Å²) < 4.78 is 5.40. The molecule has 1 aromatic heterocycles. The zero-order valence-electron chi connectivity index (χ0n) is 27.8. The molecule has 0 bridgehead atoms. The number of aromatic amines is 1. The molecule has 4 amide bonds. The number of nitrogens with zero attached hydrogens (tertiary/aromatic N) is 2. The summed E-state index contributed by atoms with van der Waals surface area (Å²) in [6, 6.07) is -3.57. The van der Waals surface area contributed by atoms with Gasteiger partial charge < -0.3 is 41.6 Å². The number of rotatable bonds is 14. The van der Waals surface area contributed by atoms with Gasteiger partial charge >= 0.3 is 18.0 Å². The van der Waals surface area contributed by atoms with Crippen LogP contribution in [0.2, 0.25) is 0 Å². The molecule has 0 radical (unpaired) electrons. The topological polar surface area (TPSA) is 246 Å².